The number of anilines is 1. The molecule has 0 unspecified atom stereocenters. The van der Waals surface area contributed by atoms with E-state index in [0.29, 0.717) is 0 Å². The number of amides is 1. The van der Waals surface area contributed by atoms with Crippen LogP contribution in [0.5, 0.6) is 0 Å². The van der Waals surface area contributed by atoms with E-state index in [1.807, 2.05) is 29.6 Å². The van der Waals surface area contributed by atoms with Crippen LogP contribution in [0.1, 0.15) is 33.6 Å². The first kappa shape index (κ1) is 14.1. The molecule has 3 aromatic rings. The molecule has 2 aromatic heterocycles. The molecule has 1 N–H and O–H groups in total. The van der Waals surface area contributed by atoms with Gasteiger partial charge in [-0.25, -0.2) is 9.67 Å². The highest BCUT2D eigenvalue weighted by atomic mass is 32.1. The van der Waals surface area contributed by atoms with Crippen LogP contribution >= 0.6 is 11.3 Å². The average molecular weight is 324 g/mol. The fraction of sp³-hybridized carbons (Fsp3) is 0.235. The second-order valence-corrected chi connectivity index (χ2v) is 6.56. The third kappa shape index (κ3) is 2.77. The molecule has 0 aliphatic heterocycles. The molecule has 6 heteroatoms. The highest BCUT2D eigenvalue weighted by Gasteiger charge is 2.20. The summed E-state index contributed by atoms with van der Waals surface area (Å²) in [4.78, 5) is 17.8. The Labute approximate surface area is 138 Å². The van der Waals surface area contributed by atoms with Gasteiger partial charge >= 0.3 is 0 Å². The molecule has 1 aliphatic rings. The van der Waals surface area contributed by atoms with Gasteiger partial charge in [-0.1, -0.05) is 0 Å². The molecule has 116 valence electrons. The summed E-state index contributed by atoms with van der Waals surface area (Å²) in [5.74, 6) is -0.0158. The number of aryl methyl sites for hydroxylation is 1. The highest BCUT2D eigenvalue weighted by Crippen LogP contribution is 2.30. The monoisotopic (exact) mass is 324 g/mol. The largest absolute Gasteiger partial charge is 0.322 e. The van der Waals surface area contributed by atoms with E-state index in [4.69, 9.17) is 0 Å². The summed E-state index contributed by atoms with van der Waals surface area (Å²) in [5, 5.41) is 9.07. The quantitative estimate of drug-likeness (QED) is 0.802. The Bertz CT molecular complexity index is 821. The molecule has 0 bridgehead atoms. The Balaban J connectivity index is 1.51. The SMILES string of the molecule is O=C(Nc1ccc(-n2cncn2)cc1)c1csc2c1CCCC2. The molecule has 1 aliphatic carbocycles. The van der Waals surface area contributed by atoms with Crippen LogP contribution in [0, 0.1) is 0 Å². The Morgan fingerprint density at radius 2 is 2.00 bits per heavy atom. The van der Waals surface area contributed by atoms with Gasteiger partial charge in [0.2, 0.25) is 0 Å². The first-order chi connectivity index (χ1) is 11.3. The molecule has 23 heavy (non-hydrogen) atoms. The van der Waals surface area contributed by atoms with E-state index in [1.54, 1.807) is 22.3 Å². The zero-order chi connectivity index (χ0) is 15.6. The molecule has 4 rings (SSSR count). The van der Waals surface area contributed by atoms with E-state index in [-0.39, 0.29) is 5.91 Å². The fourth-order valence-electron chi connectivity index (χ4n) is 2.92. The molecular weight excluding hydrogens is 308 g/mol. The Kier molecular flexibility index (Phi) is 3.67. The third-order valence-electron chi connectivity index (χ3n) is 4.11. The number of carbonyl (C=O) groups excluding carboxylic acids is 1. The first-order valence-corrected chi connectivity index (χ1v) is 8.55. The number of hydrogen-bond acceptors (Lipinski definition) is 4. The summed E-state index contributed by atoms with van der Waals surface area (Å²) in [5.41, 5.74) is 3.78. The zero-order valence-corrected chi connectivity index (χ0v) is 13.3. The lowest BCUT2D eigenvalue weighted by Gasteiger charge is -2.13. The third-order valence-corrected chi connectivity index (χ3v) is 5.20. The summed E-state index contributed by atoms with van der Waals surface area (Å²) >= 11 is 1.71. The van der Waals surface area contributed by atoms with Gasteiger partial charge in [0.1, 0.15) is 12.7 Å². The lowest BCUT2D eigenvalue weighted by molar-refractivity contribution is 0.102. The second-order valence-electron chi connectivity index (χ2n) is 5.60. The minimum atomic E-state index is -0.0158. The summed E-state index contributed by atoms with van der Waals surface area (Å²) < 4.78 is 1.68. The van der Waals surface area contributed by atoms with Gasteiger partial charge in [-0.2, -0.15) is 5.10 Å². The van der Waals surface area contributed by atoms with Crippen molar-refractivity contribution >= 4 is 22.9 Å². The number of fused-ring (bicyclic) bond motifs is 1. The van der Waals surface area contributed by atoms with Crippen LogP contribution in [0.4, 0.5) is 5.69 Å². The summed E-state index contributed by atoms with van der Waals surface area (Å²) in [6, 6.07) is 7.59. The van der Waals surface area contributed by atoms with Crippen molar-refractivity contribution in [2.75, 3.05) is 5.32 Å². The van der Waals surface area contributed by atoms with Crippen LogP contribution < -0.4 is 5.32 Å². The summed E-state index contributed by atoms with van der Waals surface area (Å²) in [6.45, 7) is 0. The lowest BCUT2D eigenvalue weighted by atomic mass is 9.95. The molecular formula is C17H16N4OS. The number of aromatic nitrogens is 3. The summed E-state index contributed by atoms with van der Waals surface area (Å²) in [6.07, 6.45) is 7.68. The minimum Gasteiger partial charge on any atom is -0.322 e. The van der Waals surface area contributed by atoms with Crippen LogP contribution in [0.3, 0.4) is 0 Å². The maximum atomic E-state index is 12.5. The van der Waals surface area contributed by atoms with E-state index in [9.17, 15) is 4.79 Å². The molecule has 0 radical (unpaired) electrons. The Morgan fingerprint density at radius 1 is 1.17 bits per heavy atom. The number of nitrogens with zero attached hydrogens (tertiary/aromatic N) is 3. The molecule has 0 spiro atoms. The molecule has 5 nitrogen and oxygen atoms in total. The van der Waals surface area contributed by atoms with Gasteiger partial charge < -0.3 is 5.32 Å². The molecule has 1 amide bonds. The van der Waals surface area contributed by atoms with Crippen LogP contribution in [-0.4, -0.2) is 20.7 Å². The number of benzene rings is 1. The zero-order valence-electron chi connectivity index (χ0n) is 12.5. The first-order valence-electron chi connectivity index (χ1n) is 7.67. The van der Waals surface area contributed by atoms with Crippen molar-refractivity contribution < 1.29 is 4.79 Å². The predicted molar refractivity (Wildman–Crippen MR) is 90.3 cm³/mol. The van der Waals surface area contributed by atoms with E-state index in [0.717, 1.165) is 29.8 Å². The maximum absolute atomic E-state index is 12.5. The van der Waals surface area contributed by atoms with Crippen LogP contribution in [0.25, 0.3) is 5.69 Å². The van der Waals surface area contributed by atoms with E-state index in [2.05, 4.69) is 15.4 Å². The van der Waals surface area contributed by atoms with Crippen molar-refractivity contribution in [2.45, 2.75) is 25.7 Å². The Morgan fingerprint density at radius 3 is 2.78 bits per heavy atom. The number of rotatable bonds is 3. The van der Waals surface area contributed by atoms with Crippen LogP contribution in [0.15, 0.2) is 42.3 Å². The van der Waals surface area contributed by atoms with Gasteiger partial charge in [0.15, 0.2) is 0 Å². The van der Waals surface area contributed by atoms with Gasteiger partial charge in [0.25, 0.3) is 5.91 Å². The predicted octanol–water partition coefficient (Wildman–Crippen LogP) is 3.46. The molecule has 0 fully saturated rings. The van der Waals surface area contributed by atoms with Crippen LogP contribution in [-0.2, 0) is 12.8 Å². The standard InChI is InChI=1S/C17H16N4OS/c22-17(15-9-23-16-4-2-1-3-14(15)16)20-12-5-7-13(8-6-12)21-11-18-10-19-21/h5-11H,1-4H2,(H,20,22). The van der Waals surface area contributed by atoms with Gasteiger partial charge in [0, 0.05) is 15.9 Å². The molecule has 2 heterocycles. The number of thiophene rings is 1. The topological polar surface area (TPSA) is 59.8 Å². The van der Waals surface area contributed by atoms with Gasteiger partial charge in [-0.3, -0.25) is 4.79 Å². The molecule has 0 atom stereocenters. The van der Waals surface area contributed by atoms with E-state index < -0.39 is 0 Å². The van der Waals surface area contributed by atoms with Crippen molar-refractivity contribution in [1.29, 1.82) is 0 Å². The van der Waals surface area contributed by atoms with Gasteiger partial charge in [0.05, 0.1) is 11.3 Å². The molecule has 0 saturated heterocycles. The van der Waals surface area contributed by atoms with Crippen molar-refractivity contribution in [3.8, 4) is 5.69 Å². The second kappa shape index (κ2) is 5.96. The van der Waals surface area contributed by atoms with E-state index >= 15 is 0 Å². The van der Waals surface area contributed by atoms with Crippen molar-refractivity contribution in [2.24, 2.45) is 0 Å². The smallest absolute Gasteiger partial charge is 0.256 e. The van der Waals surface area contributed by atoms with Crippen LogP contribution in [0.2, 0.25) is 0 Å². The maximum Gasteiger partial charge on any atom is 0.256 e. The Hall–Kier alpha value is -2.47. The van der Waals surface area contributed by atoms with E-state index in [1.165, 1.54) is 29.6 Å². The highest BCUT2D eigenvalue weighted by molar-refractivity contribution is 7.10. The van der Waals surface area contributed by atoms with Gasteiger partial charge in [-0.15, -0.1) is 11.3 Å². The molecule has 0 saturated carbocycles. The number of nitrogens with one attached hydrogen (secondary N) is 1. The average Bonchev–Trinajstić information content (AvgIpc) is 3.25. The number of hydrogen-bond donors (Lipinski definition) is 1. The fourth-order valence-corrected chi connectivity index (χ4v) is 4.05. The summed E-state index contributed by atoms with van der Waals surface area (Å²) in [7, 11) is 0. The van der Waals surface area contributed by atoms with Crippen molar-refractivity contribution in [3.05, 3.63) is 58.3 Å². The van der Waals surface area contributed by atoms with Gasteiger partial charge in [-0.05, 0) is 55.5 Å². The molecule has 1 aromatic carbocycles. The number of carbonyl (C=O) groups is 1. The lowest BCUT2D eigenvalue weighted by Crippen LogP contribution is -2.14. The van der Waals surface area contributed by atoms with Crippen molar-refractivity contribution in [1.82, 2.24) is 14.8 Å². The minimum absolute atomic E-state index is 0.0158. The van der Waals surface area contributed by atoms with Crippen molar-refractivity contribution in [3.63, 3.8) is 0 Å². The normalized spacial score (nSPS) is 13.6.